The molecule has 0 radical (unpaired) electrons. The van der Waals surface area contributed by atoms with Gasteiger partial charge < -0.3 is 10.1 Å². The molecule has 1 aromatic rings. The molecule has 1 aromatic carbocycles. The Morgan fingerprint density at radius 3 is 2.39 bits per heavy atom. The Morgan fingerprint density at radius 1 is 1.26 bits per heavy atom. The van der Waals surface area contributed by atoms with Crippen molar-refractivity contribution in [2.24, 2.45) is 0 Å². The van der Waals surface area contributed by atoms with Crippen LogP contribution in [0, 0.1) is 0 Å². The Morgan fingerprint density at radius 2 is 1.87 bits per heavy atom. The predicted molar refractivity (Wildman–Crippen MR) is 86.6 cm³/mol. The zero-order valence-corrected chi connectivity index (χ0v) is 14.6. The molecule has 1 saturated heterocycles. The minimum atomic E-state index is -3.14. The van der Waals surface area contributed by atoms with Crippen LogP contribution >= 0.6 is 23.2 Å². The van der Waals surface area contributed by atoms with Crippen LogP contribution < -0.4 is 5.32 Å². The number of hydrogen-bond donors (Lipinski definition) is 1. The lowest BCUT2D eigenvalue weighted by Crippen LogP contribution is -2.48. The lowest BCUT2D eigenvalue weighted by Gasteiger charge is -2.23. The quantitative estimate of drug-likeness (QED) is 0.806. The third-order valence-electron chi connectivity index (χ3n) is 3.38. The average Bonchev–Trinajstić information content (AvgIpc) is 2.68. The molecule has 9 heteroatoms. The van der Waals surface area contributed by atoms with Gasteiger partial charge in [0.1, 0.15) is 0 Å². The van der Waals surface area contributed by atoms with Crippen molar-refractivity contribution >= 4 is 44.9 Å². The number of halogens is 2. The first-order chi connectivity index (χ1) is 10.6. The van der Waals surface area contributed by atoms with E-state index < -0.39 is 33.9 Å². The monoisotopic (exact) mass is 379 g/mol. The maximum absolute atomic E-state index is 11.9. The highest BCUT2D eigenvalue weighted by Crippen LogP contribution is 2.23. The van der Waals surface area contributed by atoms with Crippen molar-refractivity contribution in [1.29, 1.82) is 0 Å². The van der Waals surface area contributed by atoms with E-state index in [0.717, 1.165) is 0 Å². The van der Waals surface area contributed by atoms with E-state index in [1.54, 1.807) is 6.92 Å². The van der Waals surface area contributed by atoms with E-state index in [0.29, 0.717) is 6.42 Å². The molecule has 0 aromatic heterocycles. The third kappa shape index (κ3) is 5.09. The minimum absolute atomic E-state index is 0.0323. The van der Waals surface area contributed by atoms with Crippen LogP contribution in [0.4, 0.5) is 0 Å². The van der Waals surface area contributed by atoms with Crippen molar-refractivity contribution in [3.05, 3.63) is 33.8 Å². The molecule has 0 unspecified atom stereocenters. The summed E-state index contributed by atoms with van der Waals surface area (Å²) in [5.41, 5.74) is -0.702. The van der Waals surface area contributed by atoms with Crippen molar-refractivity contribution in [2.75, 3.05) is 18.1 Å². The Balaban J connectivity index is 1.90. The summed E-state index contributed by atoms with van der Waals surface area (Å²) in [6.45, 7) is 1.13. The number of nitrogens with one attached hydrogen (secondary N) is 1. The molecule has 0 spiro atoms. The molecule has 0 bridgehead atoms. The van der Waals surface area contributed by atoms with Gasteiger partial charge in [-0.1, -0.05) is 23.2 Å². The van der Waals surface area contributed by atoms with Crippen molar-refractivity contribution in [3.8, 4) is 0 Å². The van der Waals surface area contributed by atoms with Crippen LogP contribution in [0.5, 0.6) is 0 Å². The number of hydrogen-bond acceptors (Lipinski definition) is 5. The Kier molecular flexibility index (Phi) is 5.23. The molecule has 1 heterocycles. The van der Waals surface area contributed by atoms with E-state index in [2.05, 4.69) is 5.32 Å². The highest BCUT2D eigenvalue weighted by atomic mass is 35.5. The zero-order valence-electron chi connectivity index (χ0n) is 12.3. The fourth-order valence-corrected chi connectivity index (χ4v) is 4.99. The third-order valence-corrected chi connectivity index (χ3v) is 5.72. The molecule has 2 rings (SSSR count). The Bertz CT molecular complexity index is 729. The van der Waals surface area contributed by atoms with Crippen LogP contribution in [-0.4, -0.2) is 43.9 Å². The second kappa shape index (κ2) is 6.67. The fourth-order valence-electron chi connectivity index (χ4n) is 2.37. The van der Waals surface area contributed by atoms with E-state index in [1.807, 2.05) is 0 Å². The first-order valence-corrected chi connectivity index (χ1v) is 9.31. The smallest absolute Gasteiger partial charge is 0.338 e. The SMILES string of the molecule is C[C@]1(NC(=O)COC(=O)c2cc(Cl)cc(Cl)c2)CCS(=O)(=O)C1. The van der Waals surface area contributed by atoms with Gasteiger partial charge in [-0.2, -0.15) is 0 Å². The number of esters is 1. The van der Waals surface area contributed by atoms with Gasteiger partial charge in [0, 0.05) is 10.0 Å². The standard InChI is InChI=1S/C14H15Cl2NO5S/c1-14(2-3-23(20,21)8-14)17-12(18)7-22-13(19)9-4-10(15)6-11(16)5-9/h4-6H,2-3,7-8H2,1H3,(H,17,18)/t14-/m0/s1. The zero-order chi connectivity index (χ0) is 17.3. The number of amides is 1. The number of carbonyl (C=O) groups excluding carboxylic acids is 2. The van der Waals surface area contributed by atoms with Gasteiger partial charge in [-0.05, 0) is 31.5 Å². The van der Waals surface area contributed by atoms with Crippen LogP contribution in [0.25, 0.3) is 0 Å². The molecule has 1 atom stereocenters. The minimum Gasteiger partial charge on any atom is -0.452 e. The normalized spacial score (nSPS) is 22.6. The number of rotatable bonds is 4. The average molecular weight is 380 g/mol. The molecule has 23 heavy (non-hydrogen) atoms. The molecule has 126 valence electrons. The van der Waals surface area contributed by atoms with E-state index in [-0.39, 0.29) is 27.1 Å². The molecule has 1 aliphatic heterocycles. The molecule has 1 aliphatic rings. The Labute approximate surface area is 144 Å². The van der Waals surface area contributed by atoms with E-state index in [9.17, 15) is 18.0 Å². The van der Waals surface area contributed by atoms with Crippen LogP contribution in [0.2, 0.25) is 10.0 Å². The molecular weight excluding hydrogens is 365 g/mol. The van der Waals surface area contributed by atoms with E-state index in [4.69, 9.17) is 27.9 Å². The first-order valence-electron chi connectivity index (χ1n) is 6.73. The number of sulfone groups is 1. The summed E-state index contributed by atoms with van der Waals surface area (Å²) in [6.07, 6.45) is 0.332. The molecule has 6 nitrogen and oxygen atoms in total. The molecule has 0 aliphatic carbocycles. The predicted octanol–water partition coefficient (Wildman–Crippen LogP) is 1.84. The van der Waals surface area contributed by atoms with E-state index in [1.165, 1.54) is 18.2 Å². The fraction of sp³-hybridized carbons (Fsp3) is 0.429. The van der Waals surface area contributed by atoms with Gasteiger partial charge in [-0.15, -0.1) is 0 Å². The lowest BCUT2D eigenvalue weighted by atomic mass is 10.0. The van der Waals surface area contributed by atoms with Crippen LogP contribution in [0.3, 0.4) is 0 Å². The molecule has 1 fully saturated rings. The van der Waals surface area contributed by atoms with E-state index >= 15 is 0 Å². The number of ether oxygens (including phenoxy) is 1. The highest BCUT2D eigenvalue weighted by molar-refractivity contribution is 7.91. The summed E-state index contributed by atoms with van der Waals surface area (Å²) in [5, 5.41) is 3.14. The second-order valence-corrected chi connectivity index (χ2v) is 8.74. The van der Waals surface area contributed by atoms with Gasteiger partial charge in [-0.25, -0.2) is 13.2 Å². The summed E-state index contributed by atoms with van der Waals surface area (Å²) in [6, 6.07) is 4.21. The molecule has 0 saturated carbocycles. The maximum atomic E-state index is 11.9. The van der Waals surface area contributed by atoms with Crippen molar-refractivity contribution in [2.45, 2.75) is 18.9 Å². The van der Waals surface area contributed by atoms with Crippen LogP contribution in [0.15, 0.2) is 18.2 Å². The maximum Gasteiger partial charge on any atom is 0.338 e. The number of benzene rings is 1. The summed E-state index contributed by atoms with van der Waals surface area (Å²) < 4.78 is 27.9. The topological polar surface area (TPSA) is 89.5 Å². The second-order valence-electron chi connectivity index (χ2n) is 5.69. The van der Waals surface area contributed by atoms with Crippen molar-refractivity contribution in [1.82, 2.24) is 5.32 Å². The van der Waals surface area contributed by atoms with Gasteiger partial charge in [-0.3, -0.25) is 4.79 Å². The van der Waals surface area contributed by atoms with Crippen LogP contribution in [-0.2, 0) is 19.4 Å². The highest BCUT2D eigenvalue weighted by Gasteiger charge is 2.39. The van der Waals surface area contributed by atoms with Gasteiger partial charge >= 0.3 is 5.97 Å². The van der Waals surface area contributed by atoms with Gasteiger partial charge in [0.25, 0.3) is 5.91 Å². The van der Waals surface area contributed by atoms with Crippen LogP contribution in [0.1, 0.15) is 23.7 Å². The summed E-state index contributed by atoms with van der Waals surface area (Å²) >= 11 is 11.6. The Hall–Kier alpha value is -1.31. The largest absolute Gasteiger partial charge is 0.452 e. The lowest BCUT2D eigenvalue weighted by molar-refractivity contribution is -0.125. The van der Waals surface area contributed by atoms with Crippen molar-refractivity contribution < 1.29 is 22.7 Å². The van der Waals surface area contributed by atoms with Crippen molar-refractivity contribution in [3.63, 3.8) is 0 Å². The number of carbonyl (C=O) groups is 2. The summed E-state index contributed by atoms with van der Waals surface area (Å²) in [5.74, 6) is -1.39. The van der Waals surface area contributed by atoms with Gasteiger partial charge in [0.2, 0.25) is 0 Å². The molecule has 1 amide bonds. The summed E-state index contributed by atoms with van der Waals surface area (Å²) in [7, 11) is -3.14. The molecule has 1 N–H and O–H groups in total. The van der Waals surface area contributed by atoms with Gasteiger partial charge in [0.05, 0.1) is 22.6 Å². The molecular formula is C14H15Cl2NO5S. The first kappa shape index (κ1) is 18.0. The van der Waals surface area contributed by atoms with Gasteiger partial charge in [0.15, 0.2) is 16.4 Å². The summed E-state index contributed by atoms with van der Waals surface area (Å²) in [4.78, 5) is 23.7.